The molecule has 0 saturated carbocycles. The van der Waals surface area contributed by atoms with E-state index in [4.69, 9.17) is 4.98 Å². The Morgan fingerprint density at radius 3 is 3.10 bits per heavy atom. The maximum absolute atomic E-state index is 4.87. The van der Waals surface area contributed by atoms with Gasteiger partial charge in [0, 0.05) is 31.2 Å². The van der Waals surface area contributed by atoms with Gasteiger partial charge in [-0.3, -0.25) is 0 Å². The number of rotatable bonds is 3. The summed E-state index contributed by atoms with van der Waals surface area (Å²) < 4.78 is 2.36. The second-order valence-corrected chi connectivity index (χ2v) is 5.91. The molecule has 106 valence electrons. The average molecular weight is 271 g/mol. The third kappa shape index (κ3) is 2.11. The van der Waals surface area contributed by atoms with E-state index in [0.29, 0.717) is 12.0 Å². The number of hydrogen-bond donors (Lipinski definition) is 2. The van der Waals surface area contributed by atoms with Crippen molar-refractivity contribution in [2.45, 2.75) is 37.8 Å². The minimum Gasteiger partial charge on any atom is -0.316 e. The van der Waals surface area contributed by atoms with Gasteiger partial charge in [-0.25, -0.2) is 9.97 Å². The van der Waals surface area contributed by atoms with Crippen molar-refractivity contribution in [3.8, 4) is 0 Å². The predicted molar refractivity (Wildman–Crippen MR) is 78.8 cm³/mol. The molecule has 5 nitrogen and oxygen atoms in total. The summed E-state index contributed by atoms with van der Waals surface area (Å²) in [6.07, 6.45) is 5.60. The van der Waals surface area contributed by atoms with Crippen molar-refractivity contribution < 1.29 is 0 Å². The van der Waals surface area contributed by atoms with E-state index < -0.39 is 0 Å². The SMILES string of the molecule is c1cnc2c(c1)nc(C1CCNC1)n2CC1CCCN1. The number of fused-ring (bicyclic) bond motifs is 1. The number of nitrogens with zero attached hydrogens (tertiary/aromatic N) is 3. The Kier molecular flexibility index (Phi) is 3.16. The molecule has 0 amide bonds. The number of pyridine rings is 1. The largest absolute Gasteiger partial charge is 0.316 e. The summed E-state index contributed by atoms with van der Waals surface area (Å²) in [6.45, 7) is 4.29. The molecule has 2 aromatic rings. The highest BCUT2D eigenvalue weighted by Gasteiger charge is 2.25. The van der Waals surface area contributed by atoms with Crippen LogP contribution in [0.2, 0.25) is 0 Å². The quantitative estimate of drug-likeness (QED) is 0.882. The van der Waals surface area contributed by atoms with Gasteiger partial charge in [-0.05, 0) is 44.5 Å². The van der Waals surface area contributed by atoms with Gasteiger partial charge in [0.1, 0.15) is 11.3 Å². The summed E-state index contributed by atoms with van der Waals surface area (Å²) in [7, 11) is 0. The first-order valence-electron chi connectivity index (χ1n) is 7.67. The number of nitrogens with one attached hydrogen (secondary N) is 2. The van der Waals surface area contributed by atoms with Crippen LogP contribution < -0.4 is 10.6 Å². The van der Waals surface area contributed by atoms with Crippen molar-refractivity contribution in [3.63, 3.8) is 0 Å². The Balaban J connectivity index is 1.75. The molecule has 0 bridgehead atoms. The van der Waals surface area contributed by atoms with Gasteiger partial charge in [0.25, 0.3) is 0 Å². The second kappa shape index (κ2) is 5.14. The Morgan fingerprint density at radius 1 is 1.30 bits per heavy atom. The highest BCUT2D eigenvalue weighted by Crippen LogP contribution is 2.26. The molecule has 2 unspecified atom stereocenters. The summed E-state index contributed by atoms with van der Waals surface area (Å²) in [5.41, 5.74) is 2.08. The monoisotopic (exact) mass is 271 g/mol. The molecule has 4 rings (SSSR count). The molecular weight excluding hydrogens is 250 g/mol. The van der Waals surface area contributed by atoms with E-state index in [9.17, 15) is 0 Å². The van der Waals surface area contributed by atoms with Crippen LogP contribution in [-0.2, 0) is 6.54 Å². The van der Waals surface area contributed by atoms with Crippen LogP contribution in [0.25, 0.3) is 11.2 Å². The predicted octanol–water partition coefficient (Wildman–Crippen LogP) is 1.26. The van der Waals surface area contributed by atoms with Crippen LogP contribution in [0.15, 0.2) is 18.3 Å². The normalized spacial score (nSPS) is 26.6. The minimum atomic E-state index is 0.533. The smallest absolute Gasteiger partial charge is 0.160 e. The Morgan fingerprint density at radius 2 is 2.30 bits per heavy atom. The van der Waals surface area contributed by atoms with Gasteiger partial charge in [0.15, 0.2) is 5.65 Å². The van der Waals surface area contributed by atoms with E-state index in [0.717, 1.165) is 37.3 Å². The summed E-state index contributed by atoms with van der Waals surface area (Å²) in [4.78, 5) is 9.44. The van der Waals surface area contributed by atoms with Crippen LogP contribution in [0, 0.1) is 0 Å². The van der Waals surface area contributed by atoms with Crippen molar-refractivity contribution in [1.82, 2.24) is 25.2 Å². The van der Waals surface area contributed by atoms with Gasteiger partial charge in [0.05, 0.1) is 0 Å². The Bertz CT molecular complexity index is 593. The van der Waals surface area contributed by atoms with Crippen LogP contribution in [0.1, 0.15) is 31.0 Å². The highest BCUT2D eigenvalue weighted by molar-refractivity contribution is 5.71. The first-order chi connectivity index (χ1) is 9.92. The molecule has 0 aromatic carbocycles. The highest BCUT2D eigenvalue weighted by atomic mass is 15.2. The molecule has 2 atom stereocenters. The summed E-state index contributed by atoms with van der Waals surface area (Å²) in [5.74, 6) is 1.75. The molecule has 0 radical (unpaired) electrons. The molecule has 2 saturated heterocycles. The Labute approximate surface area is 118 Å². The molecule has 4 heterocycles. The minimum absolute atomic E-state index is 0.533. The standard InChI is InChI=1S/C15H21N5/c1-3-12(17-6-1)10-20-14(11-5-8-16-9-11)19-13-4-2-7-18-15(13)20/h2,4,7,11-12,16-17H,1,3,5-6,8-10H2. The number of hydrogen-bond acceptors (Lipinski definition) is 4. The summed E-state index contributed by atoms with van der Waals surface area (Å²) in [5, 5.41) is 7.03. The molecule has 0 spiro atoms. The van der Waals surface area contributed by atoms with Crippen LogP contribution in [0.4, 0.5) is 0 Å². The first-order valence-corrected chi connectivity index (χ1v) is 7.67. The molecule has 5 heteroatoms. The lowest BCUT2D eigenvalue weighted by Gasteiger charge is -2.16. The summed E-state index contributed by atoms with van der Waals surface area (Å²) in [6, 6.07) is 4.62. The zero-order valence-corrected chi connectivity index (χ0v) is 11.7. The van der Waals surface area contributed by atoms with E-state index in [1.54, 1.807) is 0 Å². The molecule has 2 aliphatic rings. The maximum Gasteiger partial charge on any atom is 0.160 e. The van der Waals surface area contributed by atoms with Crippen molar-refractivity contribution >= 4 is 11.2 Å². The third-order valence-electron chi connectivity index (χ3n) is 4.52. The fourth-order valence-corrected chi connectivity index (χ4v) is 3.48. The fraction of sp³-hybridized carbons (Fsp3) is 0.600. The zero-order valence-electron chi connectivity index (χ0n) is 11.7. The van der Waals surface area contributed by atoms with Crippen LogP contribution in [0.5, 0.6) is 0 Å². The van der Waals surface area contributed by atoms with Gasteiger partial charge in [-0.15, -0.1) is 0 Å². The maximum atomic E-state index is 4.87. The van der Waals surface area contributed by atoms with Crippen LogP contribution in [0.3, 0.4) is 0 Å². The number of aromatic nitrogens is 3. The first kappa shape index (κ1) is 12.3. The van der Waals surface area contributed by atoms with Crippen LogP contribution >= 0.6 is 0 Å². The van der Waals surface area contributed by atoms with E-state index in [1.807, 2.05) is 12.3 Å². The molecule has 2 aromatic heterocycles. The van der Waals surface area contributed by atoms with Gasteiger partial charge in [-0.1, -0.05) is 0 Å². The topological polar surface area (TPSA) is 54.8 Å². The van der Waals surface area contributed by atoms with Crippen molar-refractivity contribution in [2.75, 3.05) is 19.6 Å². The fourth-order valence-electron chi connectivity index (χ4n) is 3.48. The van der Waals surface area contributed by atoms with Gasteiger partial charge in [-0.2, -0.15) is 0 Å². The van der Waals surface area contributed by atoms with Crippen LogP contribution in [-0.4, -0.2) is 40.2 Å². The lowest BCUT2D eigenvalue weighted by Crippen LogP contribution is -2.28. The Hall–Kier alpha value is -1.46. The van der Waals surface area contributed by atoms with E-state index in [1.165, 1.54) is 25.1 Å². The number of imidazole rings is 1. The van der Waals surface area contributed by atoms with E-state index in [-0.39, 0.29) is 0 Å². The average Bonchev–Trinajstić information content (AvgIpc) is 3.19. The van der Waals surface area contributed by atoms with Gasteiger partial charge in [0.2, 0.25) is 0 Å². The lowest BCUT2D eigenvalue weighted by atomic mass is 10.1. The van der Waals surface area contributed by atoms with E-state index in [2.05, 4.69) is 26.3 Å². The lowest BCUT2D eigenvalue weighted by molar-refractivity contribution is 0.491. The van der Waals surface area contributed by atoms with Crippen molar-refractivity contribution in [3.05, 3.63) is 24.2 Å². The van der Waals surface area contributed by atoms with Gasteiger partial charge < -0.3 is 15.2 Å². The molecule has 2 aliphatic heterocycles. The zero-order chi connectivity index (χ0) is 13.4. The van der Waals surface area contributed by atoms with Gasteiger partial charge >= 0.3 is 0 Å². The van der Waals surface area contributed by atoms with E-state index >= 15 is 0 Å². The third-order valence-corrected chi connectivity index (χ3v) is 4.52. The molecule has 2 fully saturated rings. The molecule has 0 aliphatic carbocycles. The molecular formula is C15H21N5. The van der Waals surface area contributed by atoms with Crippen molar-refractivity contribution in [1.29, 1.82) is 0 Å². The second-order valence-electron chi connectivity index (χ2n) is 5.91. The molecule has 2 N–H and O–H groups in total. The molecule has 20 heavy (non-hydrogen) atoms. The van der Waals surface area contributed by atoms with Crippen molar-refractivity contribution in [2.24, 2.45) is 0 Å². The summed E-state index contributed by atoms with van der Waals surface area (Å²) >= 11 is 0.